The number of nitrogens with one attached hydrogen (secondary N) is 2. The molecule has 0 saturated carbocycles. The van der Waals surface area contributed by atoms with Crippen molar-refractivity contribution >= 4 is 23.3 Å². The van der Waals surface area contributed by atoms with Crippen molar-refractivity contribution in [2.24, 2.45) is 0 Å². The van der Waals surface area contributed by atoms with Crippen molar-refractivity contribution in [1.29, 1.82) is 0 Å². The lowest BCUT2D eigenvalue weighted by Crippen LogP contribution is -2.14. The van der Waals surface area contributed by atoms with Crippen molar-refractivity contribution in [2.45, 2.75) is 27.3 Å². The van der Waals surface area contributed by atoms with Crippen LogP contribution >= 0.6 is 0 Å². The SMILES string of the molecule is CC(=O)Nc1cc(C(=O)Nc2c(C)nn(Cc3ccccc3)c2C)nn1-c1ccccc1. The van der Waals surface area contributed by atoms with Gasteiger partial charge >= 0.3 is 0 Å². The molecule has 0 unspecified atom stereocenters. The Kier molecular flexibility index (Phi) is 5.85. The van der Waals surface area contributed by atoms with Crippen molar-refractivity contribution in [3.63, 3.8) is 0 Å². The monoisotopic (exact) mass is 428 g/mol. The summed E-state index contributed by atoms with van der Waals surface area (Å²) in [5.74, 6) is -0.207. The van der Waals surface area contributed by atoms with Gasteiger partial charge in [0.15, 0.2) is 5.69 Å². The molecule has 0 atom stereocenters. The Morgan fingerprint density at radius 1 is 0.906 bits per heavy atom. The highest BCUT2D eigenvalue weighted by atomic mass is 16.2. The molecule has 4 rings (SSSR count). The van der Waals surface area contributed by atoms with Gasteiger partial charge in [-0.3, -0.25) is 14.3 Å². The van der Waals surface area contributed by atoms with Gasteiger partial charge < -0.3 is 10.6 Å². The van der Waals surface area contributed by atoms with E-state index in [-0.39, 0.29) is 17.5 Å². The Bertz CT molecular complexity index is 1260. The molecule has 8 nitrogen and oxygen atoms in total. The van der Waals surface area contributed by atoms with Crippen LogP contribution in [-0.4, -0.2) is 31.4 Å². The van der Waals surface area contributed by atoms with E-state index in [1.807, 2.05) is 79.2 Å². The van der Waals surface area contributed by atoms with Crippen molar-refractivity contribution in [3.8, 4) is 5.69 Å². The number of benzene rings is 2. The quantitative estimate of drug-likeness (QED) is 0.486. The molecule has 8 heteroatoms. The Morgan fingerprint density at radius 3 is 2.22 bits per heavy atom. The third-order valence-corrected chi connectivity index (χ3v) is 5.04. The van der Waals surface area contributed by atoms with Gasteiger partial charge in [-0.05, 0) is 31.5 Å². The summed E-state index contributed by atoms with van der Waals surface area (Å²) in [6, 6.07) is 20.9. The number of nitrogens with zero attached hydrogens (tertiary/aromatic N) is 4. The molecule has 0 aliphatic rings. The summed E-state index contributed by atoms with van der Waals surface area (Å²) in [7, 11) is 0. The van der Waals surface area contributed by atoms with Crippen LogP contribution in [0.5, 0.6) is 0 Å². The van der Waals surface area contributed by atoms with Crippen molar-refractivity contribution in [1.82, 2.24) is 19.6 Å². The first-order valence-corrected chi connectivity index (χ1v) is 10.2. The topological polar surface area (TPSA) is 93.8 Å². The Hall–Kier alpha value is -4.20. The number of anilines is 2. The van der Waals surface area contributed by atoms with E-state index in [4.69, 9.17) is 0 Å². The van der Waals surface area contributed by atoms with Gasteiger partial charge in [0.1, 0.15) is 5.82 Å². The van der Waals surface area contributed by atoms with Gasteiger partial charge in [0.05, 0.1) is 29.3 Å². The second-order valence-corrected chi connectivity index (χ2v) is 7.49. The van der Waals surface area contributed by atoms with Crippen LogP contribution in [0.4, 0.5) is 11.5 Å². The smallest absolute Gasteiger partial charge is 0.276 e. The molecule has 0 aliphatic carbocycles. The minimum absolute atomic E-state index is 0.187. The number of hydrogen-bond acceptors (Lipinski definition) is 4. The fourth-order valence-corrected chi connectivity index (χ4v) is 3.49. The zero-order chi connectivity index (χ0) is 22.7. The molecule has 4 aromatic rings. The number of para-hydroxylation sites is 1. The van der Waals surface area contributed by atoms with E-state index >= 15 is 0 Å². The Morgan fingerprint density at radius 2 is 1.56 bits per heavy atom. The van der Waals surface area contributed by atoms with Crippen molar-refractivity contribution in [2.75, 3.05) is 10.6 Å². The van der Waals surface area contributed by atoms with Crippen molar-refractivity contribution in [3.05, 3.63) is 89.4 Å². The number of hydrogen-bond donors (Lipinski definition) is 2. The maximum atomic E-state index is 13.0. The summed E-state index contributed by atoms with van der Waals surface area (Å²) in [5.41, 5.74) is 4.27. The molecule has 162 valence electrons. The van der Waals surface area contributed by atoms with Crippen LogP contribution in [0.3, 0.4) is 0 Å². The predicted molar refractivity (Wildman–Crippen MR) is 123 cm³/mol. The van der Waals surface area contributed by atoms with E-state index in [9.17, 15) is 9.59 Å². The van der Waals surface area contributed by atoms with Gasteiger partial charge in [0.25, 0.3) is 5.91 Å². The number of carbonyl (C=O) groups excluding carboxylic acids is 2. The van der Waals surface area contributed by atoms with E-state index in [0.29, 0.717) is 18.1 Å². The molecule has 2 aromatic carbocycles. The molecule has 2 amide bonds. The molecule has 0 spiro atoms. The summed E-state index contributed by atoms with van der Waals surface area (Å²) in [4.78, 5) is 24.7. The predicted octanol–water partition coefficient (Wildman–Crippen LogP) is 3.94. The third kappa shape index (κ3) is 4.44. The Labute approximate surface area is 185 Å². The van der Waals surface area contributed by atoms with Crippen LogP contribution in [0, 0.1) is 13.8 Å². The van der Waals surface area contributed by atoms with Crippen LogP contribution in [0.1, 0.15) is 34.4 Å². The number of aromatic nitrogens is 4. The van der Waals surface area contributed by atoms with E-state index in [0.717, 1.165) is 22.6 Å². The fourth-order valence-electron chi connectivity index (χ4n) is 3.49. The molecule has 32 heavy (non-hydrogen) atoms. The van der Waals surface area contributed by atoms with E-state index in [1.54, 1.807) is 6.07 Å². The van der Waals surface area contributed by atoms with Gasteiger partial charge in [-0.1, -0.05) is 48.5 Å². The first kappa shape index (κ1) is 21.0. The highest BCUT2D eigenvalue weighted by Gasteiger charge is 2.20. The summed E-state index contributed by atoms with van der Waals surface area (Å²) < 4.78 is 3.40. The number of amides is 2. The van der Waals surface area contributed by atoms with Gasteiger partial charge in [-0.25, -0.2) is 4.68 Å². The van der Waals surface area contributed by atoms with Crippen LogP contribution < -0.4 is 10.6 Å². The van der Waals surface area contributed by atoms with Gasteiger partial charge in [0, 0.05) is 13.0 Å². The maximum Gasteiger partial charge on any atom is 0.276 e. The molecular formula is C24H24N6O2. The summed E-state index contributed by atoms with van der Waals surface area (Å²) in [6.45, 7) is 5.80. The normalized spacial score (nSPS) is 10.7. The van der Waals surface area contributed by atoms with Crippen LogP contribution in [-0.2, 0) is 11.3 Å². The summed E-state index contributed by atoms with van der Waals surface area (Å²) >= 11 is 0. The van der Waals surface area contributed by atoms with Gasteiger partial charge in [-0.15, -0.1) is 0 Å². The number of carbonyl (C=O) groups is 2. The second kappa shape index (κ2) is 8.89. The number of rotatable bonds is 6. The molecular weight excluding hydrogens is 404 g/mol. The molecule has 0 aliphatic heterocycles. The van der Waals surface area contributed by atoms with E-state index < -0.39 is 0 Å². The molecule has 2 aromatic heterocycles. The largest absolute Gasteiger partial charge is 0.317 e. The van der Waals surface area contributed by atoms with Crippen LogP contribution in [0.25, 0.3) is 5.69 Å². The average molecular weight is 428 g/mol. The maximum absolute atomic E-state index is 13.0. The van der Waals surface area contributed by atoms with Gasteiger partial charge in [-0.2, -0.15) is 10.2 Å². The van der Waals surface area contributed by atoms with Crippen molar-refractivity contribution < 1.29 is 9.59 Å². The fraction of sp³-hybridized carbons (Fsp3) is 0.167. The van der Waals surface area contributed by atoms with E-state index in [2.05, 4.69) is 20.8 Å². The Balaban J connectivity index is 1.60. The molecule has 0 saturated heterocycles. The molecule has 2 N–H and O–H groups in total. The lowest BCUT2D eigenvalue weighted by atomic mass is 10.2. The lowest BCUT2D eigenvalue weighted by Gasteiger charge is -2.07. The zero-order valence-corrected chi connectivity index (χ0v) is 18.2. The average Bonchev–Trinajstić information content (AvgIpc) is 3.31. The standard InChI is InChI=1S/C24H24N6O2/c1-16-23(17(2)29(27-16)15-19-10-6-4-7-11-19)26-24(32)21-14-22(25-18(3)31)30(28-21)20-12-8-5-9-13-20/h4-14H,15H2,1-3H3,(H,25,31)(H,26,32). The third-order valence-electron chi connectivity index (χ3n) is 5.04. The molecule has 0 bridgehead atoms. The summed E-state index contributed by atoms with van der Waals surface area (Å²) in [6.07, 6.45) is 0. The van der Waals surface area contributed by atoms with Crippen LogP contribution in [0.2, 0.25) is 0 Å². The minimum atomic E-state index is -0.378. The summed E-state index contributed by atoms with van der Waals surface area (Å²) in [5, 5.41) is 14.7. The first-order valence-electron chi connectivity index (χ1n) is 10.2. The van der Waals surface area contributed by atoms with E-state index in [1.165, 1.54) is 11.6 Å². The first-order chi connectivity index (χ1) is 15.4. The van der Waals surface area contributed by atoms with Crippen LogP contribution in [0.15, 0.2) is 66.7 Å². The lowest BCUT2D eigenvalue weighted by molar-refractivity contribution is -0.114. The highest BCUT2D eigenvalue weighted by molar-refractivity contribution is 6.04. The number of aryl methyl sites for hydroxylation is 1. The minimum Gasteiger partial charge on any atom is -0.317 e. The highest BCUT2D eigenvalue weighted by Crippen LogP contribution is 2.23. The zero-order valence-electron chi connectivity index (χ0n) is 18.2. The second-order valence-electron chi connectivity index (χ2n) is 7.49. The molecule has 0 radical (unpaired) electrons. The molecule has 2 heterocycles. The molecule has 0 fully saturated rings. The van der Waals surface area contributed by atoms with Gasteiger partial charge in [0.2, 0.25) is 5.91 Å².